The highest BCUT2D eigenvalue weighted by atomic mass is 16.2. The zero-order valence-corrected chi connectivity index (χ0v) is 11.3. The fourth-order valence-corrected chi connectivity index (χ4v) is 2.42. The molecule has 1 aliphatic rings. The summed E-state index contributed by atoms with van der Waals surface area (Å²) < 4.78 is 0. The Morgan fingerprint density at radius 1 is 1.21 bits per heavy atom. The molecular formula is C15H20N2O2. The molecule has 0 radical (unpaired) electrons. The summed E-state index contributed by atoms with van der Waals surface area (Å²) in [5.41, 5.74) is 0.825. The molecule has 0 aliphatic carbocycles. The number of nitrogens with one attached hydrogen (secondary N) is 1. The maximum Gasteiger partial charge on any atom is 0.238 e. The van der Waals surface area contributed by atoms with Crippen molar-refractivity contribution in [1.29, 1.82) is 0 Å². The summed E-state index contributed by atoms with van der Waals surface area (Å²) in [4.78, 5) is 25.3. The molecule has 0 unspecified atom stereocenters. The number of rotatable bonds is 4. The lowest BCUT2D eigenvalue weighted by Gasteiger charge is -2.30. The number of nitrogens with zero attached hydrogens (tertiary/aromatic N) is 1. The molecule has 1 heterocycles. The molecular weight excluding hydrogens is 240 g/mol. The molecule has 0 spiro atoms. The number of ketones is 1. The number of anilines is 1. The summed E-state index contributed by atoms with van der Waals surface area (Å²) in [6, 6.07) is 9.46. The normalized spacial score (nSPS) is 17.1. The van der Waals surface area contributed by atoms with E-state index in [1.54, 1.807) is 6.92 Å². The van der Waals surface area contributed by atoms with Crippen LogP contribution in [-0.4, -0.2) is 36.2 Å². The van der Waals surface area contributed by atoms with Gasteiger partial charge in [0.2, 0.25) is 5.91 Å². The van der Waals surface area contributed by atoms with Crippen molar-refractivity contribution >= 4 is 17.4 Å². The number of para-hydroxylation sites is 1. The number of carbonyl (C=O) groups excluding carboxylic acids is 2. The van der Waals surface area contributed by atoms with Crippen LogP contribution in [0.25, 0.3) is 0 Å². The monoisotopic (exact) mass is 260 g/mol. The smallest absolute Gasteiger partial charge is 0.238 e. The van der Waals surface area contributed by atoms with Gasteiger partial charge in [-0.2, -0.15) is 0 Å². The van der Waals surface area contributed by atoms with Gasteiger partial charge in [0.15, 0.2) is 0 Å². The highest BCUT2D eigenvalue weighted by Gasteiger charge is 2.23. The lowest BCUT2D eigenvalue weighted by Crippen LogP contribution is -2.40. The molecule has 19 heavy (non-hydrogen) atoms. The maximum absolute atomic E-state index is 11.9. The molecule has 0 bridgehead atoms. The first-order chi connectivity index (χ1) is 9.15. The van der Waals surface area contributed by atoms with Gasteiger partial charge >= 0.3 is 0 Å². The molecule has 0 atom stereocenters. The summed E-state index contributed by atoms with van der Waals surface area (Å²) in [5.74, 6) is 0.467. The van der Waals surface area contributed by atoms with Crippen molar-refractivity contribution in [3.05, 3.63) is 30.3 Å². The van der Waals surface area contributed by atoms with E-state index in [0.29, 0.717) is 6.54 Å². The van der Waals surface area contributed by atoms with Crippen molar-refractivity contribution in [3.63, 3.8) is 0 Å². The van der Waals surface area contributed by atoms with E-state index in [1.165, 1.54) is 0 Å². The predicted molar refractivity (Wildman–Crippen MR) is 74.9 cm³/mol. The Labute approximate surface area is 113 Å². The molecule has 1 saturated heterocycles. The summed E-state index contributed by atoms with van der Waals surface area (Å²) in [6.07, 6.45) is 1.74. The van der Waals surface area contributed by atoms with Crippen molar-refractivity contribution in [2.45, 2.75) is 19.8 Å². The largest absolute Gasteiger partial charge is 0.325 e. The van der Waals surface area contributed by atoms with Crippen molar-refractivity contribution in [2.24, 2.45) is 5.92 Å². The number of benzene rings is 1. The number of amides is 1. The molecule has 1 aromatic carbocycles. The van der Waals surface area contributed by atoms with E-state index in [1.807, 2.05) is 30.3 Å². The second-order valence-electron chi connectivity index (χ2n) is 5.08. The van der Waals surface area contributed by atoms with Crippen LogP contribution in [0.2, 0.25) is 0 Å². The highest BCUT2D eigenvalue weighted by Crippen LogP contribution is 2.17. The zero-order valence-electron chi connectivity index (χ0n) is 11.3. The minimum Gasteiger partial charge on any atom is -0.325 e. The van der Waals surface area contributed by atoms with Gasteiger partial charge in [-0.3, -0.25) is 14.5 Å². The number of likely N-dealkylation sites (tertiary alicyclic amines) is 1. The first kappa shape index (κ1) is 13.7. The second-order valence-corrected chi connectivity index (χ2v) is 5.08. The van der Waals surface area contributed by atoms with Crippen LogP contribution >= 0.6 is 0 Å². The van der Waals surface area contributed by atoms with E-state index in [4.69, 9.17) is 0 Å². The van der Waals surface area contributed by atoms with Crippen LogP contribution in [0.15, 0.2) is 30.3 Å². The lowest BCUT2D eigenvalue weighted by molar-refractivity contribution is -0.122. The molecule has 0 aromatic heterocycles. The molecule has 1 fully saturated rings. The minimum atomic E-state index is 0.00692. The van der Waals surface area contributed by atoms with Crippen molar-refractivity contribution < 1.29 is 9.59 Å². The molecule has 1 aliphatic heterocycles. The Kier molecular flexibility index (Phi) is 4.68. The van der Waals surface area contributed by atoms with Crippen LogP contribution in [0, 0.1) is 5.92 Å². The molecule has 2 rings (SSSR count). The second kappa shape index (κ2) is 6.48. The van der Waals surface area contributed by atoms with Crippen LogP contribution in [0.1, 0.15) is 19.8 Å². The Morgan fingerprint density at radius 2 is 1.84 bits per heavy atom. The third-order valence-corrected chi connectivity index (χ3v) is 3.59. The van der Waals surface area contributed by atoms with Crippen molar-refractivity contribution in [2.75, 3.05) is 25.0 Å². The van der Waals surface area contributed by atoms with Gasteiger partial charge in [0.05, 0.1) is 6.54 Å². The topological polar surface area (TPSA) is 49.4 Å². The fourth-order valence-electron chi connectivity index (χ4n) is 2.42. The Morgan fingerprint density at radius 3 is 2.42 bits per heavy atom. The lowest BCUT2D eigenvalue weighted by atomic mass is 9.93. The van der Waals surface area contributed by atoms with Gasteiger partial charge in [0, 0.05) is 11.6 Å². The SMILES string of the molecule is CC(=O)C1CCN(CC(=O)Nc2ccccc2)CC1. The van der Waals surface area contributed by atoms with Gasteiger partial charge in [-0.05, 0) is 45.0 Å². The Bertz CT molecular complexity index is 437. The van der Waals surface area contributed by atoms with Crippen molar-refractivity contribution in [1.82, 2.24) is 4.90 Å². The number of piperidine rings is 1. The van der Waals surface area contributed by atoms with Crippen LogP contribution in [0.4, 0.5) is 5.69 Å². The number of carbonyl (C=O) groups is 2. The van der Waals surface area contributed by atoms with Crippen LogP contribution in [0.5, 0.6) is 0 Å². The Hall–Kier alpha value is -1.68. The Balaban J connectivity index is 1.76. The molecule has 4 nitrogen and oxygen atoms in total. The summed E-state index contributed by atoms with van der Waals surface area (Å²) in [6.45, 7) is 3.71. The van der Waals surface area contributed by atoms with Gasteiger partial charge in [-0.15, -0.1) is 0 Å². The van der Waals surface area contributed by atoms with E-state index in [9.17, 15) is 9.59 Å². The standard InChI is InChI=1S/C15H20N2O2/c1-12(18)13-7-9-17(10-8-13)11-15(19)16-14-5-3-2-4-6-14/h2-6,13H,7-11H2,1H3,(H,16,19). The molecule has 1 aromatic rings. The van der Waals surface area contributed by atoms with Gasteiger partial charge < -0.3 is 5.32 Å². The quantitative estimate of drug-likeness (QED) is 0.900. The third kappa shape index (κ3) is 4.17. The third-order valence-electron chi connectivity index (χ3n) is 3.59. The summed E-state index contributed by atoms with van der Waals surface area (Å²) >= 11 is 0. The van der Waals surface area contributed by atoms with E-state index in [0.717, 1.165) is 31.6 Å². The van der Waals surface area contributed by atoms with Crippen LogP contribution in [0.3, 0.4) is 0 Å². The molecule has 4 heteroatoms. The van der Waals surface area contributed by atoms with E-state index >= 15 is 0 Å². The van der Waals surface area contributed by atoms with Crippen LogP contribution < -0.4 is 5.32 Å². The average molecular weight is 260 g/mol. The predicted octanol–water partition coefficient (Wildman–Crippen LogP) is 1.93. The molecule has 0 saturated carbocycles. The number of hydrogen-bond acceptors (Lipinski definition) is 3. The van der Waals surface area contributed by atoms with Gasteiger partial charge in [0.1, 0.15) is 5.78 Å². The number of hydrogen-bond donors (Lipinski definition) is 1. The number of Topliss-reactive ketones (excluding diaryl/α,β-unsaturated/α-hetero) is 1. The van der Waals surface area contributed by atoms with Gasteiger partial charge in [-0.25, -0.2) is 0 Å². The van der Waals surface area contributed by atoms with Gasteiger partial charge in [-0.1, -0.05) is 18.2 Å². The highest BCUT2D eigenvalue weighted by molar-refractivity contribution is 5.92. The molecule has 1 amide bonds. The van der Waals surface area contributed by atoms with E-state index < -0.39 is 0 Å². The first-order valence-electron chi connectivity index (χ1n) is 6.73. The average Bonchev–Trinajstić information content (AvgIpc) is 2.40. The maximum atomic E-state index is 11.9. The minimum absolute atomic E-state index is 0.00692. The zero-order chi connectivity index (χ0) is 13.7. The summed E-state index contributed by atoms with van der Waals surface area (Å²) in [5, 5.41) is 2.88. The van der Waals surface area contributed by atoms with E-state index in [-0.39, 0.29) is 17.6 Å². The first-order valence-corrected chi connectivity index (χ1v) is 6.73. The van der Waals surface area contributed by atoms with Crippen LogP contribution in [-0.2, 0) is 9.59 Å². The summed E-state index contributed by atoms with van der Waals surface area (Å²) in [7, 11) is 0. The van der Waals surface area contributed by atoms with Gasteiger partial charge in [0.25, 0.3) is 0 Å². The van der Waals surface area contributed by atoms with Crippen molar-refractivity contribution in [3.8, 4) is 0 Å². The molecule has 102 valence electrons. The molecule has 1 N–H and O–H groups in total. The fraction of sp³-hybridized carbons (Fsp3) is 0.467. The van der Waals surface area contributed by atoms with E-state index in [2.05, 4.69) is 10.2 Å².